The van der Waals surface area contributed by atoms with E-state index in [9.17, 15) is 0 Å². The fraction of sp³-hybridized carbons (Fsp3) is 0.625. The number of nitrogens with one attached hydrogen (secondary N) is 1. The summed E-state index contributed by atoms with van der Waals surface area (Å²) in [4.78, 5) is 0. The smallest absolute Gasteiger partial charge is 0.123 e. The highest BCUT2D eigenvalue weighted by molar-refractivity contribution is 5.40. The molecule has 1 aliphatic rings. The molecule has 0 spiro atoms. The van der Waals surface area contributed by atoms with Crippen LogP contribution in [0.3, 0.4) is 0 Å². The first kappa shape index (κ1) is 15.1. The van der Waals surface area contributed by atoms with Crippen molar-refractivity contribution < 1.29 is 14.2 Å². The van der Waals surface area contributed by atoms with Crippen LogP contribution in [0.25, 0.3) is 0 Å². The minimum Gasteiger partial charge on any atom is -0.497 e. The Balaban J connectivity index is 1.77. The van der Waals surface area contributed by atoms with Crippen molar-refractivity contribution >= 4 is 0 Å². The van der Waals surface area contributed by atoms with E-state index >= 15 is 0 Å². The minimum atomic E-state index is 0.434. The summed E-state index contributed by atoms with van der Waals surface area (Å²) in [5.74, 6) is 1.76. The van der Waals surface area contributed by atoms with Gasteiger partial charge >= 0.3 is 0 Å². The second-order valence-electron chi connectivity index (χ2n) is 5.13. The Bertz CT molecular complexity index is 403. The molecule has 4 heteroatoms. The third-order valence-electron chi connectivity index (χ3n) is 3.72. The molecule has 1 atom stereocenters. The lowest BCUT2D eigenvalue weighted by molar-refractivity contribution is 0.0115. The lowest BCUT2D eigenvalue weighted by atomic mass is 10.1. The maximum atomic E-state index is 5.73. The zero-order valence-electron chi connectivity index (χ0n) is 12.5. The summed E-state index contributed by atoms with van der Waals surface area (Å²) in [5.41, 5.74) is 1.12. The quantitative estimate of drug-likeness (QED) is 0.779. The zero-order valence-corrected chi connectivity index (χ0v) is 12.5. The average molecular weight is 279 g/mol. The fourth-order valence-corrected chi connectivity index (χ4v) is 2.54. The summed E-state index contributed by atoms with van der Waals surface area (Å²) < 4.78 is 16.4. The van der Waals surface area contributed by atoms with E-state index in [-0.39, 0.29) is 0 Å². The highest BCUT2D eigenvalue weighted by Gasteiger charge is 2.13. The van der Waals surface area contributed by atoms with Crippen molar-refractivity contribution in [3.05, 3.63) is 23.8 Å². The van der Waals surface area contributed by atoms with Crippen LogP contribution in [-0.4, -0.2) is 33.5 Å². The number of hydrogen-bond donors (Lipinski definition) is 1. The van der Waals surface area contributed by atoms with Crippen LogP contribution in [0, 0.1) is 0 Å². The van der Waals surface area contributed by atoms with Gasteiger partial charge < -0.3 is 19.5 Å². The molecule has 1 aromatic rings. The molecule has 0 radical (unpaired) electrons. The summed E-state index contributed by atoms with van der Waals surface area (Å²) in [5, 5.41) is 3.46. The summed E-state index contributed by atoms with van der Waals surface area (Å²) >= 11 is 0. The molecule has 112 valence electrons. The van der Waals surface area contributed by atoms with Crippen LogP contribution in [0.1, 0.15) is 31.2 Å². The van der Waals surface area contributed by atoms with Crippen LogP contribution in [0.15, 0.2) is 18.2 Å². The van der Waals surface area contributed by atoms with Gasteiger partial charge in [0.05, 0.1) is 20.3 Å². The first-order valence-corrected chi connectivity index (χ1v) is 7.36. The number of methoxy groups -OCH3 is 2. The molecule has 0 bridgehead atoms. The van der Waals surface area contributed by atoms with Crippen LogP contribution in [0.5, 0.6) is 11.5 Å². The molecule has 1 aliphatic heterocycles. The first-order chi connectivity index (χ1) is 9.83. The van der Waals surface area contributed by atoms with E-state index < -0.39 is 0 Å². The van der Waals surface area contributed by atoms with E-state index in [0.717, 1.165) is 43.2 Å². The Morgan fingerprint density at radius 3 is 2.85 bits per heavy atom. The fourth-order valence-electron chi connectivity index (χ4n) is 2.54. The van der Waals surface area contributed by atoms with Crippen LogP contribution in [-0.2, 0) is 11.3 Å². The Labute approximate surface area is 121 Å². The van der Waals surface area contributed by atoms with E-state index in [1.165, 1.54) is 19.3 Å². The lowest BCUT2D eigenvalue weighted by Crippen LogP contribution is -2.25. The topological polar surface area (TPSA) is 39.7 Å². The van der Waals surface area contributed by atoms with Crippen molar-refractivity contribution in [2.75, 3.05) is 27.4 Å². The third-order valence-corrected chi connectivity index (χ3v) is 3.72. The normalized spacial score (nSPS) is 18.8. The molecule has 2 rings (SSSR count). The van der Waals surface area contributed by atoms with Crippen LogP contribution >= 0.6 is 0 Å². The second kappa shape index (κ2) is 8.12. The van der Waals surface area contributed by atoms with Crippen LogP contribution in [0.4, 0.5) is 0 Å². The molecule has 0 amide bonds. The standard InChI is InChI=1S/C16H25NO3/c1-18-15-6-7-16(19-2)13(11-15)12-17-9-8-14-5-3-4-10-20-14/h6-7,11,14,17H,3-5,8-10,12H2,1-2H3. The van der Waals surface area contributed by atoms with E-state index in [0.29, 0.717) is 6.10 Å². The highest BCUT2D eigenvalue weighted by Crippen LogP contribution is 2.23. The predicted molar refractivity (Wildman–Crippen MR) is 79.5 cm³/mol. The van der Waals surface area contributed by atoms with Gasteiger partial charge in [0.25, 0.3) is 0 Å². The summed E-state index contributed by atoms with van der Waals surface area (Å²) in [6.07, 6.45) is 5.22. The van der Waals surface area contributed by atoms with Crippen molar-refractivity contribution in [1.82, 2.24) is 5.32 Å². The van der Waals surface area contributed by atoms with Crippen molar-refractivity contribution in [3.8, 4) is 11.5 Å². The summed E-state index contributed by atoms with van der Waals surface area (Å²) in [6, 6.07) is 5.88. The van der Waals surface area contributed by atoms with E-state index in [1.807, 2.05) is 18.2 Å². The summed E-state index contributed by atoms with van der Waals surface area (Å²) in [7, 11) is 3.38. The maximum Gasteiger partial charge on any atom is 0.123 e. The molecule has 0 saturated carbocycles. The first-order valence-electron chi connectivity index (χ1n) is 7.36. The van der Waals surface area contributed by atoms with Gasteiger partial charge in [-0.2, -0.15) is 0 Å². The van der Waals surface area contributed by atoms with Crippen molar-refractivity contribution in [2.24, 2.45) is 0 Å². The number of ether oxygens (including phenoxy) is 3. The van der Waals surface area contributed by atoms with Gasteiger partial charge in [-0.15, -0.1) is 0 Å². The Kier molecular flexibility index (Phi) is 6.15. The highest BCUT2D eigenvalue weighted by atomic mass is 16.5. The van der Waals surface area contributed by atoms with Crippen LogP contribution < -0.4 is 14.8 Å². The van der Waals surface area contributed by atoms with Gasteiger partial charge in [0.15, 0.2) is 0 Å². The van der Waals surface area contributed by atoms with Gasteiger partial charge in [0.1, 0.15) is 11.5 Å². The second-order valence-corrected chi connectivity index (χ2v) is 5.13. The van der Waals surface area contributed by atoms with Crippen molar-refractivity contribution in [3.63, 3.8) is 0 Å². The molecule has 0 aliphatic carbocycles. The average Bonchev–Trinajstić information content (AvgIpc) is 2.52. The molecule has 1 N–H and O–H groups in total. The van der Waals surface area contributed by atoms with Gasteiger partial charge in [-0.1, -0.05) is 0 Å². The molecule has 4 nitrogen and oxygen atoms in total. The van der Waals surface area contributed by atoms with E-state index in [1.54, 1.807) is 14.2 Å². The lowest BCUT2D eigenvalue weighted by Gasteiger charge is -2.22. The Morgan fingerprint density at radius 2 is 2.15 bits per heavy atom. The molecule has 1 fully saturated rings. The van der Waals surface area contributed by atoms with Gasteiger partial charge in [-0.3, -0.25) is 0 Å². The zero-order chi connectivity index (χ0) is 14.2. The maximum absolute atomic E-state index is 5.73. The van der Waals surface area contributed by atoms with Gasteiger partial charge in [0, 0.05) is 18.7 Å². The predicted octanol–water partition coefficient (Wildman–Crippen LogP) is 2.75. The van der Waals surface area contributed by atoms with E-state index in [2.05, 4.69) is 5.32 Å². The molecule has 20 heavy (non-hydrogen) atoms. The molecule has 1 unspecified atom stereocenters. The molecule has 1 aromatic carbocycles. The third kappa shape index (κ3) is 4.39. The van der Waals surface area contributed by atoms with Crippen molar-refractivity contribution in [1.29, 1.82) is 0 Å². The Morgan fingerprint density at radius 1 is 1.25 bits per heavy atom. The van der Waals surface area contributed by atoms with Gasteiger partial charge in [0.2, 0.25) is 0 Å². The summed E-state index contributed by atoms with van der Waals surface area (Å²) in [6.45, 7) is 2.67. The molecular weight excluding hydrogens is 254 g/mol. The monoisotopic (exact) mass is 279 g/mol. The SMILES string of the molecule is COc1ccc(OC)c(CNCCC2CCCCO2)c1. The van der Waals surface area contributed by atoms with Gasteiger partial charge in [-0.05, 0) is 50.4 Å². The largest absolute Gasteiger partial charge is 0.497 e. The molecule has 1 heterocycles. The van der Waals surface area contributed by atoms with Gasteiger partial charge in [-0.25, -0.2) is 0 Å². The molecule has 0 aromatic heterocycles. The molecule has 1 saturated heterocycles. The Hall–Kier alpha value is -1.26. The minimum absolute atomic E-state index is 0.434. The molecular formula is C16H25NO3. The van der Waals surface area contributed by atoms with E-state index in [4.69, 9.17) is 14.2 Å². The number of benzene rings is 1. The number of rotatable bonds is 7. The van der Waals surface area contributed by atoms with Crippen molar-refractivity contribution in [2.45, 2.75) is 38.3 Å². The van der Waals surface area contributed by atoms with Crippen LogP contribution in [0.2, 0.25) is 0 Å². The number of hydrogen-bond acceptors (Lipinski definition) is 4.